The molecule has 1 fully saturated rings. The maximum absolute atomic E-state index is 12.6. The Kier molecular flexibility index (Phi) is 7.02. The average molecular weight is 434 g/mol. The van der Waals surface area contributed by atoms with Crippen molar-refractivity contribution in [3.05, 3.63) is 41.3 Å². The minimum Gasteiger partial charge on any atom is -0.380 e. The van der Waals surface area contributed by atoms with Crippen molar-refractivity contribution >= 4 is 22.5 Å². The highest BCUT2D eigenvalue weighted by atomic mass is 35.5. The fourth-order valence-corrected chi connectivity index (χ4v) is 4.49. The Labute approximate surface area is 181 Å². The number of halogens is 2. The quantitative estimate of drug-likeness (QED) is 0.468. The molecule has 0 spiro atoms. The highest BCUT2D eigenvalue weighted by Gasteiger charge is 2.23. The van der Waals surface area contributed by atoms with Gasteiger partial charge in [0.25, 0.3) is 0 Å². The second kappa shape index (κ2) is 9.90. The molecule has 0 saturated carbocycles. The van der Waals surface area contributed by atoms with E-state index in [2.05, 4.69) is 28.1 Å². The van der Waals surface area contributed by atoms with Crippen LogP contribution in [-0.2, 0) is 11.3 Å². The smallest absolute Gasteiger partial charge is 0.109 e. The lowest BCUT2D eigenvalue weighted by Crippen LogP contribution is -2.35. The zero-order valence-corrected chi connectivity index (χ0v) is 18.2. The molecule has 0 amide bonds. The van der Waals surface area contributed by atoms with Crippen molar-refractivity contribution in [3.8, 4) is 5.69 Å². The molecule has 1 aliphatic heterocycles. The van der Waals surface area contributed by atoms with Gasteiger partial charge in [0.2, 0.25) is 0 Å². The van der Waals surface area contributed by atoms with Crippen molar-refractivity contribution in [2.45, 2.75) is 38.6 Å². The van der Waals surface area contributed by atoms with Gasteiger partial charge in [0.1, 0.15) is 12.4 Å². The van der Waals surface area contributed by atoms with Gasteiger partial charge in [-0.25, -0.2) is 9.07 Å². The predicted octanol–water partition coefficient (Wildman–Crippen LogP) is 4.45. The van der Waals surface area contributed by atoms with E-state index in [9.17, 15) is 4.39 Å². The summed E-state index contributed by atoms with van der Waals surface area (Å²) >= 11 is 6.66. The summed E-state index contributed by atoms with van der Waals surface area (Å²) in [7, 11) is 0. The third-order valence-corrected chi connectivity index (χ3v) is 6.12. The number of hydrogen-bond donors (Lipinski definition) is 0. The van der Waals surface area contributed by atoms with E-state index in [0.29, 0.717) is 5.92 Å². The number of ether oxygens (including phenoxy) is 1. The van der Waals surface area contributed by atoms with Crippen LogP contribution in [0.2, 0.25) is 5.02 Å². The lowest BCUT2D eigenvalue weighted by molar-refractivity contribution is 0.0942. The van der Waals surface area contributed by atoms with E-state index in [1.165, 1.54) is 5.56 Å². The van der Waals surface area contributed by atoms with E-state index in [4.69, 9.17) is 16.3 Å². The highest BCUT2D eigenvalue weighted by molar-refractivity contribution is 6.32. The molecule has 162 valence electrons. The Morgan fingerprint density at radius 1 is 1.13 bits per heavy atom. The van der Waals surface area contributed by atoms with Gasteiger partial charge in [-0.05, 0) is 56.0 Å². The Morgan fingerprint density at radius 3 is 2.73 bits per heavy atom. The normalized spacial score (nSPS) is 16.0. The lowest BCUT2D eigenvalue weighted by atomic mass is 9.89. The van der Waals surface area contributed by atoms with Gasteiger partial charge in [0, 0.05) is 23.6 Å². The van der Waals surface area contributed by atoms with Gasteiger partial charge >= 0.3 is 0 Å². The van der Waals surface area contributed by atoms with Crippen molar-refractivity contribution in [2.24, 2.45) is 0 Å². The molecule has 8 heteroatoms. The monoisotopic (exact) mass is 433 g/mol. The Balaban J connectivity index is 1.49. The van der Waals surface area contributed by atoms with Gasteiger partial charge < -0.3 is 9.64 Å². The topological polar surface area (TPSA) is 48.1 Å². The number of fused-ring (bicyclic) bond motifs is 1. The van der Waals surface area contributed by atoms with E-state index in [-0.39, 0.29) is 6.54 Å². The van der Waals surface area contributed by atoms with Gasteiger partial charge in [-0.3, -0.25) is 4.68 Å². The molecule has 30 heavy (non-hydrogen) atoms. The molecular weight excluding hydrogens is 405 g/mol. The second-order valence-corrected chi connectivity index (χ2v) is 8.27. The standard InChI is InChI=1S/C22H29ClFN5O/c1-2-10-30-11-9-27-6-3-17(4-7-27)20-13-22-18(12-21(20)23)14-26-29(22)19-15-25-28(16-19)8-5-24/h12-17H,2-11H2,1H3. The SMILES string of the molecule is CCCOCCN1CCC(c2cc3c(cnn3-c3cnn(CCF)c3)cc2Cl)CC1. The van der Waals surface area contributed by atoms with Gasteiger partial charge in [-0.15, -0.1) is 0 Å². The number of hydrogen-bond acceptors (Lipinski definition) is 4. The predicted molar refractivity (Wildman–Crippen MR) is 117 cm³/mol. The van der Waals surface area contributed by atoms with Crippen LogP contribution >= 0.6 is 11.6 Å². The number of piperidine rings is 1. The molecule has 3 heterocycles. The minimum atomic E-state index is -0.440. The highest BCUT2D eigenvalue weighted by Crippen LogP contribution is 2.36. The molecule has 4 rings (SSSR count). The van der Waals surface area contributed by atoms with Crippen molar-refractivity contribution in [2.75, 3.05) is 39.5 Å². The molecule has 6 nitrogen and oxygen atoms in total. The molecule has 0 unspecified atom stereocenters. The number of aryl methyl sites for hydroxylation is 1. The number of benzene rings is 1. The summed E-state index contributed by atoms with van der Waals surface area (Å²) in [6.45, 7) is 6.70. The summed E-state index contributed by atoms with van der Waals surface area (Å²) in [5.74, 6) is 0.437. The summed E-state index contributed by atoms with van der Waals surface area (Å²) in [5.41, 5.74) is 3.02. The Hall–Kier alpha value is -1.96. The maximum atomic E-state index is 12.6. The zero-order chi connectivity index (χ0) is 20.9. The first-order valence-corrected chi connectivity index (χ1v) is 11.1. The number of likely N-dealkylation sites (tertiary alicyclic amines) is 1. The summed E-state index contributed by atoms with van der Waals surface area (Å²) < 4.78 is 21.7. The molecule has 0 radical (unpaired) electrons. The number of nitrogens with zero attached hydrogens (tertiary/aromatic N) is 5. The number of aromatic nitrogens is 4. The Morgan fingerprint density at radius 2 is 1.97 bits per heavy atom. The summed E-state index contributed by atoms with van der Waals surface area (Å²) in [6, 6.07) is 4.18. The number of alkyl halides is 1. The summed E-state index contributed by atoms with van der Waals surface area (Å²) in [5, 5.41) is 10.5. The first-order valence-electron chi connectivity index (χ1n) is 10.8. The van der Waals surface area contributed by atoms with E-state index in [1.807, 2.05) is 23.1 Å². The molecule has 0 atom stereocenters. The van der Waals surface area contributed by atoms with Crippen molar-refractivity contribution in [3.63, 3.8) is 0 Å². The Bertz CT molecular complexity index is 964. The first kappa shape index (κ1) is 21.3. The van der Waals surface area contributed by atoms with Gasteiger partial charge in [-0.1, -0.05) is 18.5 Å². The molecule has 1 aromatic carbocycles. The van der Waals surface area contributed by atoms with E-state index in [1.54, 1.807) is 10.9 Å². The van der Waals surface area contributed by atoms with Crippen molar-refractivity contribution < 1.29 is 9.13 Å². The van der Waals surface area contributed by atoms with Crippen LogP contribution in [0.25, 0.3) is 16.6 Å². The van der Waals surface area contributed by atoms with Crippen LogP contribution in [0.3, 0.4) is 0 Å². The van der Waals surface area contributed by atoms with Crippen LogP contribution in [0.1, 0.15) is 37.7 Å². The lowest BCUT2D eigenvalue weighted by Gasteiger charge is -2.32. The molecule has 1 saturated heterocycles. The number of rotatable bonds is 9. The van der Waals surface area contributed by atoms with Gasteiger partial charge in [-0.2, -0.15) is 10.2 Å². The molecule has 0 aliphatic carbocycles. The fourth-order valence-electron chi connectivity index (χ4n) is 4.16. The largest absolute Gasteiger partial charge is 0.380 e. The van der Waals surface area contributed by atoms with Gasteiger partial charge in [0.15, 0.2) is 0 Å². The first-order chi connectivity index (χ1) is 14.7. The van der Waals surface area contributed by atoms with Crippen LogP contribution in [0.15, 0.2) is 30.7 Å². The summed E-state index contributed by atoms with van der Waals surface area (Å²) in [4.78, 5) is 2.47. The molecule has 2 aromatic heterocycles. The zero-order valence-electron chi connectivity index (χ0n) is 17.4. The maximum Gasteiger partial charge on any atom is 0.109 e. The van der Waals surface area contributed by atoms with Crippen LogP contribution in [0, 0.1) is 0 Å². The van der Waals surface area contributed by atoms with Crippen LogP contribution < -0.4 is 0 Å². The van der Waals surface area contributed by atoms with Gasteiger partial charge in [0.05, 0.1) is 37.3 Å². The molecule has 0 N–H and O–H groups in total. The molecule has 3 aromatic rings. The second-order valence-electron chi connectivity index (χ2n) is 7.87. The fraction of sp³-hybridized carbons (Fsp3) is 0.545. The summed E-state index contributed by atoms with van der Waals surface area (Å²) in [6.07, 6.45) is 8.59. The minimum absolute atomic E-state index is 0.248. The van der Waals surface area contributed by atoms with Crippen LogP contribution in [-0.4, -0.2) is 64.0 Å². The third-order valence-electron chi connectivity index (χ3n) is 5.79. The van der Waals surface area contributed by atoms with E-state index < -0.39 is 6.67 Å². The van der Waals surface area contributed by atoms with Crippen LogP contribution in [0.5, 0.6) is 0 Å². The van der Waals surface area contributed by atoms with E-state index >= 15 is 0 Å². The molecular formula is C22H29ClFN5O. The van der Waals surface area contributed by atoms with Crippen molar-refractivity contribution in [1.29, 1.82) is 0 Å². The van der Waals surface area contributed by atoms with E-state index in [0.717, 1.165) is 73.7 Å². The molecule has 0 bridgehead atoms. The van der Waals surface area contributed by atoms with Crippen molar-refractivity contribution in [1.82, 2.24) is 24.5 Å². The average Bonchev–Trinajstić information content (AvgIpc) is 3.38. The third kappa shape index (κ3) is 4.68. The van der Waals surface area contributed by atoms with Crippen LogP contribution in [0.4, 0.5) is 4.39 Å². The molecule has 1 aliphatic rings.